The lowest BCUT2D eigenvalue weighted by Gasteiger charge is -2.17. The molecule has 1 amide bonds. The van der Waals surface area contributed by atoms with Crippen LogP contribution in [0.5, 0.6) is 5.75 Å². The summed E-state index contributed by atoms with van der Waals surface area (Å²) in [6.07, 6.45) is 2.40. The minimum absolute atomic E-state index is 0.0472. The molecule has 0 aliphatic carbocycles. The highest BCUT2D eigenvalue weighted by Crippen LogP contribution is 2.39. The Labute approximate surface area is 232 Å². The van der Waals surface area contributed by atoms with Gasteiger partial charge in [-0.1, -0.05) is 5.21 Å². The molecule has 1 unspecified atom stereocenters. The first kappa shape index (κ1) is 25.1. The van der Waals surface area contributed by atoms with Crippen LogP contribution in [0.4, 0.5) is 14.5 Å². The number of likely N-dealkylation sites (tertiary alicyclic amines) is 1. The van der Waals surface area contributed by atoms with Gasteiger partial charge in [-0.3, -0.25) is 9.48 Å². The maximum atomic E-state index is 14.2. The number of ether oxygens (including phenoxy) is 1. The van der Waals surface area contributed by atoms with Crippen LogP contribution in [-0.2, 0) is 11.3 Å². The van der Waals surface area contributed by atoms with E-state index in [0.717, 1.165) is 37.8 Å². The number of nitrogens with two attached hydrogens (primary N) is 1. The van der Waals surface area contributed by atoms with Gasteiger partial charge in [0.15, 0.2) is 12.4 Å². The van der Waals surface area contributed by atoms with Gasteiger partial charge < -0.3 is 15.4 Å². The van der Waals surface area contributed by atoms with Crippen molar-refractivity contribution in [2.45, 2.75) is 19.9 Å². The molecule has 2 N–H and O–H groups in total. The number of nitrogen functional groups attached to an aromatic ring is 1. The summed E-state index contributed by atoms with van der Waals surface area (Å²) in [5.74, 6) is -0.871. The van der Waals surface area contributed by atoms with Crippen LogP contribution in [0.2, 0.25) is 0 Å². The largest absolute Gasteiger partial charge is 0.483 e. The molecule has 1 aliphatic rings. The van der Waals surface area contributed by atoms with Gasteiger partial charge >= 0.3 is 0 Å². The van der Waals surface area contributed by atoms with E-state index in [1.165, 1.54) is 0 Å². The van der Waals surface area contributed by atoms with Gasteiger partial charge in [-0.2, -0.15) is 0 Å². The average molecular weight is 620 g/mol. The lowest BCUT2D eigenvalue weighted by molar-refractivity contribution is -0.132. The molecule has 1 saturated heterocycles. The van der Waals surface area contributed by atoms with Gasteiger partial charge in [0.1, 0.15) is 17.3 Å². The van der Waals surface area contributed by atoms with Crippen LogP contribution in [0.3, 0.4) is 0 Å². The third-order valence-corrected chi connectivity index (χ3v) is 9.18. The monoisotopic (exact) mass is 618 g/mol. The zero-order chi connectivity index (χ0) is 26.6. The van der Waals surface area contributed by atoms with Crippen LogP contribution < -0.4 is 10.5 Å². The molecule has 1 aliphatic heterocycles. The van der Waals surface area contributed by atoms with E-state index in [2.05, 4.69) is 31.2 Å². The van der Waals surface area contributed by atoms with Crippen LogP contribution in [0.1, 0.15) is 11.4 Å². The molecular formula is C25H21BrF2N6O2S2. The fourth-order valence-electron chi connectivity index (χ4n) is 4.74. The number of rotatable bonds is 6. The van der Waals surface area contributed by atoms with E-state index in [0.29, 0.717) is 25.4 Å². The number of thiazole rings is 1. The third kappa shape index (κ3) is 4.52. The first-order chi connectivity index (χ1) is 18.3. The molecule has 1 atom stereocenters. The second-order valence-electron chi connectivity index (χ2n) is 9.17. The highest BCUT2D eigenvalue weighted by atomic mass is 79.9. The first-order valence-corrected chi connectivity index (χ1v) is 14.3. The number of nitrogens with zero attached hydrogens (tertiary/aromatic N) is 5. The number of aryl methyl sites for hydroxylation is 1. The van der Waals surface area contributed by atoms with E-state index < -0.39 is 11.6 Å². The smallest absolute Gasteiger partial charge is 0.260 e. The molecule has 38 heavy (non-hydrogen) atoms. The molecule has 8 nitrogen and oxygen atoms in total. The van der Waals surface area contributed by atoms with E-state index in [1.807, 2.05) is 24.4 Å². The van der Waals surface area contributed by atoms with Crippen LogP contribution in [-0.4, -0.2) is 50.5 Å². The number of fused-ring (bicyclic) bond motifs is 3. The number of carbonyl (C=O) groups is 1. The molecule has 1 fully saturated rings. The van der Waals surface area contributed by atoms with Crippen molar-refractivity contribution in [3.05, 3.63) is 50.9 Å². The predicted octanol–water partition coefficient (Wildman–Crippen LogP) is 5.63. The first-order valence-electron chi connectivity index (χ1n) is 11.8. The molecule has 0 spiro atoms. The van der Waals surface area contributed by atoms with E-state index in [4.69, 9.17) is 10.5 Å². The fourth-order valence-corrected chi connectivity index (χ4v) is 6.90. The maximum Gasteiger partial charge on any atom is 0.260 e. The van der Waals surface area contributed by atoms with E-state index >= 15 is 0 Å². The SMILES string of the molecule is Cc1nc2c(cc(OCC(=O)N3CCC(Cn4cc(-c5cc(F)c(Br)c(F)c5N)nn4)C3)c3ccsc32)s1. The van der Waals surface area contributed by atoms with Crippen LogP contribution in [0.15, 0.2) is 34.2 Å². The molecule has 0 bridgehead atoms. The summed E-state index contributed by atoms with van der Waals surface area (Å²) < 4.78 is 37.6. The Morgan fingerprint density at radius 3 is 3.03 bits per heavy atom. The van der Waals surface area contributed by atoms with Gasteiger partial charge in [-0.05, 0) is 52.7 Å². The van der Waals surface area contributed by atoms with Gasteiger partial charge in [0, 0.05) is 36.7 Å². The van der Waals surface area contributed by atoms with Crippen LogP contribution in [0, 0.1) is 24.5 Å². The zero-order valence-electron chi connectivity index (χ0n) is 20.1. The summed E-state index contributed by atoms with van der Waals surface area (Å²) in [5.41, 5.74) is 7.02. The van der Waals surface area contributed by atoms with Gasteiger partial charge in [0.25, 0.3) is 5.91 Å². The molecular weight excluding hydrogens is 598 g/mol. The number of anilines is 1. The molecule has 0 radical (unpaired) electrons. The molecule has 196 valence electrons. The molecule has 0 saturated carbocycles. The Hall–Kier alpha value is -3.16. The Bertz CT molecular complexity index is 1700. The Kier molecular flexibility index (Phi) is 6.52. The number of hydrogen-bond donors (Lipinski definition) is 1. The Morgan fingerprint density at radius 2 is 2.18 bits per heavy atom. The maximum absolute atomic E-state index is 14.2. The van der Waals surface area contributed by atoms with Crippen molar-refractivity contribution in [2.24, 2.45) is 5.92 Å². The number of amides is 1. The number of hydrogen-bond acceptors (Lipinski definition) is 8. The number of benzene rings is 2. The van der Waals surface area contributed by atoms with Gasteiger partial charge in [0.05, 0.1) is 36.3 Å². The van der Waals surface area contributed by atoms with Crippen molar-refractivity contribution >= 4 is 70.5 Å². The van der Waals surface area contributed by atoms with E-state index in [1.54, 1.807) is 38.5 Å². The molecule has 2 aromatic carbocycles. The second-order valence-corrected chi connectivity index (χ2v) is 12.1. The highest BCUT2D eigenvalue weighted by Gasteiger charge is 2.28. The number of aromatic nitrogens is 4. The number of carbonyl (C=O) groups excluding carboxylic acids is 1. The fraction of sp³-hybridized carbons (Fsp3) is 0.280. The lowest BCUT2D eigenvalue weighted by atomic mass is 10.1. The van der Waals surface area contributed by atoms with E-state index in [9.17, 15) is 13.6 Å². The zero-order valence-corrected chi connectivity index (χ0v) is 23.3. The molecule has 6 rings (SSSR count). The average Bonchev–Trinajstić information content (AvgIpc) is 3.70. The van der Waals surface area contributed by atoms with Crippen molar-refractivity contribution in [3.8, 4) is 17.0 Å². The van der Waals surface area contributed by atoms with Crippen LogP contribution >= 0.6 is 38.6 Å². The topological polar surface area (TPSA) is 99.2 Å². The third-order valence-electron chi connectivity index (χ3n) is 6.62. The minimum Gasteiger partial charge on any atom is -0.483 e. The summed E-state index contributed by atoms with van der Waals surface area (Å²) in [4.78, 5) is 19.4. The van der Waals surface area contributed by atoms with Gasteiger partial charge in [0.2, 0.25) is 0 Å². The van der Waals surface area contributed by atoms with Crippen molar-refractivity contribution in [2.75, 3.05) is 25.4 Å². The Morgan fingerprint density at radius 1 is 1.34 bits per heavy atom. The number of thiophene rings is 1. The normalized spacial score (nSPS) is 15.7. The predicted molar refractivity (Wildman–Crippen MR) is 147 cm³/mol. The van der Waals surface area contributed by atoms with Crippen molar-refractivity contribution < 1.29 is 18.3 Å². The standard InChI is InChI=1S/C25H21BrF2N6O2S2/c1-12-30-24-19(38-12)7-18(14-3-5-37-25(14)24)36-11-20(35)33-4-2-13(8-33)9-34-10-17(31-32-34)15-6-16(27)21(26)22(28)23(15)29/h3,5-7,10,13H,2,4,8-9,11,29H2,1H3. The van der Waals surface area contributed by atoms with Crippen molar-refractivity contribution in [3.63, 3.8) is 0 Å². The Balaban J connectivity index is 1.09. The summed E-state index contributed by atoms with van der Waals surface area (Å²) in [5, 5.41) is 12.1. The van der Waals surface area contributed by atoms with E-state index in [-0.39, 0.29) is 39.8 Å². The van der Waals surface area contributed by atoms with Crippen molar-refractivity contribution in [1.29, 1.82) is 0 Å². The summed E-state index contributed by atoms with van der Waals surface area (Å²) in [6.45, 7) is 3.62. The van der Waals surface area contributed by atoms with Crippen LogP contribution in [0.25, 0.3) is 31.6 Å². The summed E-state index contributed by atoms with van der Waals surface area (Å²) in [6, 6.07) is 5.09. The minimum atomic E-state index is -0.872. The number of halogens is 3. The second kappa shape index (κ2) is 9.86. The van der Waals surface area contributed by atoms with Gasteiger partial charge in [-0.15, -0.1) is 27.8 Å². The summed E-state index contributed by atoms with van der Waals surface area (Å²) in [7, 11) is 0. The van der Waals surface area contributed by atoms with Gasteiger partial charge in [-0.25, -0.2) is 13.8 Å². The lowest BCUT2D eigenvalue weighted by Crippen LogP contribution is -2.33. The summed E-state index contributed by atoms with van der Waals surface area (Å²) >= 11 is 6.07. The molecule has 3 aromatic heterocycles. The molecule has 13 heteroatoms. The molecule has 4 heterocycles. The molecule has 5 aromatic rings. The quantitative estimate of drug-likeness (QED) is 0.196. The highest BCUT2D eigenvalue weighted by molar-refractivity contribution is 9.10. The van der Waals surface area contributed by atoms with Crippen molar-refractivity contribution in [1.82, 2.24) is 24.9 Å².